The molecule has 2 N–H and O–H groups in total. The van der Waals surface area contributed by atoms with Gasteiger partial charge in [0.2, 0.25) is 5.91 Å². The highest BCUT2D eigenvalue weighted by Gasteiger charge is 2.42. The molecule has 0 radical (unpaired) electrons. The molecule has 2 amide bonds. The highest BCUT2D eigenvalue weighted by atomic mass is 32.2. The van der Waals surface area contributed by atoms with Crippen molar-refractivity contribution in [3.05, 3.63) is 29.8 Å². The predicted octanol–water partition coefficient (Wildman–Crippen LogP) is 1.91. The van der Waals surface area contributed by atoms with E-state index in [1.165, 1.54) is 16.7 Å². The third-order valence-corrected chi connectivity index (χ3v) is 4.99. The molecular weight excluding hydrogens is 312 g/mol. The summed E-state index contributed by atoms with van der Waals surface area (Å²) in [5.74, 6) is 0.319. The van der Waals surface area contributed by atoms with Crippen LogP contribution in [0.15, 0.2) is 34.3 Å². The van der Waals surface area contributed by atoms with E-state index in [-0.39, 0.29) is 17.6 Å². The summed E-state index contributed by atoms with van der Waals surface area (Å²) in [5, 5.41) is 0.469. The predicted molar refractivity (Wildman–Crippen MR) is 91.8 cm³/mol. The number of carbonyl (C=O) groups is 2. The van der Waals surface area contributed by atoms with Crippen LogP contribution in [0.4, 0.5) is 5.69 Å². The molecule has 2 aliphatic heterocycles. The van der Waals surface area contributed by atoms with Gasteiger partial charge in [0, 0.05) is 5.56 Å². The van der Waals surface area contributed by atoms with Crippen molar-refractivity contribution in [2.75, 3.05) is 5.75 Å². The zero-order valence-electron chi connectivity index (χ0n) is 13.0. The van der Waals surface area contributed by atoms with Crippen LogP contribution >= 0.6 is 11.8 Å². The van der Waals surface area contributed by atoms with Gasteiger partial charge in [-0.05, 0) is 18.1 Å². The highest BCUT2D eigenvalue weighted by Crippen LogP contribution is 2.35. The van der Waals surface area contributed by atoms with Crippen LogP contribution in [0.2, 0.25) is 0 Å². The van der Waals surface area contributed by atoms with Gasteiger partial charge in [-0.25, -0.2) is 9.89 Å². The molecule has 1 aromatic rings. The average Bonchev–Trinajstić information content (AvgIpc) is 2.90. The monoisotopic (exact) mass is 330 g/mol. The summed E-state index contributed by atoms with van der Waals surface area (Å²) in [5.41, 5.74) is 6.82. The Morgan fingerprint density at radius 1 is 1.43 bits per heavy atom. The summed E-state index contributed by atoms with van der Waals surface area (Å²) >= 11 is 1.17. The molecule has 0 fully saturated rings. The number of para-hydroxylation sites is 1. The Labute approximate surface area is 138 Å². The Kier molecular flexibility index (Phi) is 4.21. The molecule has 0 aromatic heterocycles. The van der Waals surface area contributed by atoms with Gasteiger partial charge in [0.25, 0.3) is 5.91 Å². The number of amides is 2. The van der Waals surface area contributed by atoms with Crippen molar-refractivity contribution in [3.8, 4) is 0 Å². The first kappa shape index (κ1) is 15.7. The average molecular weight is 330 g/mol. The number of carbonyl (C=O) groups excluding carboxylic acids is 2. The smallest absolute Gasteiger partial charge is 0.259 e. The lowest BCUT2D eigenvalue weighted by atomic mass is 10.00. The lowest BCUT2D eigenvalue weighted by Gasteiger charge is -2.25. The maximum atomic E-state index is 12.8. The molecule has 1 aromatic carbocycles. The van der Waals surface area contributed by atoms with E-state index in [1.54, 1.807) is 0 Å². The highest BCUT2D eigenvalue weighted by molar-refractivity contribution is 8.14. The van der Waals surface area contributed by atoms with E-state index in [0.717, 1.165) is 17.7 Å². The second-order valence-corrected chi connectivity index (χ2v) is 6.57. The van der Waals surface area contributed by atoms with E-state index in [1.807, 2.05) is 38.1 Å². The van der Waals surface area contributed by atoms with Crippen molar-refractivity contribution in [1.82, 2.24) is 4.90 Å². The minimum Gasteiger partial charge on any atom is -0.369 e. The molecule has 2 heterocycles. The second-order valence-electron chi connectivity index (χ2n) is 5.62. The van der Waals surface area contributed by atoms with Gasteiger partial charge in [-0.1, -0.05) is 44.2 Å². The Hall–Kier alpha value is -2.15. The van der Waals surface area contributed by atoms with Crippen LogP contribution < -0.4 is 5.73 Å². The number of benzene rings is 1. The van der Waals surface area contributed by atoms with Gasteiger partial charge in [0.15, 0.2) is 5.17 Å². The Morgan fingerprint density at radius 2 is 2.17 bits per heavy atom. The van der Waals surface area contributed by atoms with Crippen molar-refractivity contribution >= 4 is 40.3 Å². The summed E-state index contributed by atoms with van der Waals surface area (Å²) in [6.07, 6.45) is 0.865. The molecule has 2 aliphatic rings. The van der Waals surface area contributed by atoms with Crippen LogP contribution in [0.1, 0.15) is 25.8 Å². The number of thioether (sulfide) groups is 1. The van der Waals surface area contributed by atoms with Crippen LogP contribution in [0.25, 0.3) is 0 Å². The lowest BCUT2D eigenvalue weighted by Crippen LogP contribution is -2.42. The Morgan fingerprint density at radius 3 is 2.87 bits per heavy atom. The normalized spacial score (nSPS) is 20.5. The summed E-state index contributed by atoms with van der Waals surface area (Å²) in [4.78, 5) is 34.6. The first-order valence-corrected chi connectivity index (χ1v) is 8.52. The first-order chi connectivity index (χ1) is 11.0. The Bertz CT molecular complexity index is 729. The fourth-order valence-electron chi connectivity index (χ4n) is 2.60. The fourth-order valence-corrected chi connectivity index (χ4v) is 3.34. The molecular formula is C16H18N4O2S. The molecule has 120 valence electrons. The Balaban J connectivity index is 2.04. The molecule has 23 heavy (non-hydrogen) atoms. The molecule has 0 aliphatic carbocycles. The van der Waals surface area contributed by atoms with Crippen LogP contribution in [-0.2, 0) is 9.59 Å². The molecule has 0 saturated heterocycles. The van der Waals surface area contributed by atoms with E-state index >= 15 is 0 Å². The molecule has 7 heteroatoms. The molecule has 0 spiro atoms. The van der Waals surface area contributed by atoms with Gasteiger partial charge in [-0.15, -0.1) is 0 Å². The quantitative estimate of drug-likeness (QED) is 0.914. The second kappa shape index (κ2) is 6.16. The van der Waals surface area contributed by atoms with Crippen molar-refractivity contribution in [3.63, 3.8) is 0 Å². The first-order valence-electron chi connectivity index (χ1n) is 7.54. The van der Waals surface area contributed by atoms with Gasteiger partial charge < -0.3 is 5.73 Å². The van der Waals surface area contributed by atoms with Crippen LogP contribution in [0.3, 0.4) is 0 Å². The van der Waals surface area contributed by atoms with E-state index in [2.05, 4.69) is 9.98 Å². The van der Waals surface area contributed by atoms with Gasteiger partial charge >= 0.3 is 0 Å². The number of aliphatic imine (C=N–C) groups is 2. The number of rotatable bonds is 4. The number of nitrogens with two attached hydrogens (primary N) is 1. The standard InChI is InChI=1S/C16H18N4O2S/c1-3-9(2)13-15(22)20-14(19-13)10-6-4-5-7-11(10)18-16(20)23-8-12(17)21/h4-7,9,13H,3,8H2,1-2H3,(H2,17,21)/t9-,13+/m1/s1. The summed E-state index contributed by atoms with van der Waals surface area (Å²) in [6.45, 7) is 4.06. The zero-order chi connectivity index (χ0) is 16.6. The molecule has 0 saturated carbocycles. The largest absolute Gasteiger partial charge is 0.369 e. The van der Waals surface area contributed by atoms with Crippen LogP contribution in [0.5, 0.6) is 0 Å². The number of amidine groups is 2. The number of primary amides is 1. The van der Waals surface area contributed by atoms with E-state index in [4.69, 9.17) is 5.73 Å². The van der Waals surface area contributed by atoms with E-state index in [9.17, 15) is 9.59 Å². The molecule has 6 nitrogen and oxygen atoms in total. The maximum Gasteiger partial charge on any atom is 0.259 e. The molecule has 0 bridgehead atoms. The van der Waals surface area contributed by atoms with Gasteiger partial charge in [0.05, 0.1) is 11.4 Å². The maximum absolute atomic E-state index is 12.8. The van der Waals surface area contributed by atoms with Gasteiger partial charge in [-0.2, -0.15) is 0 Å². The van der Waals surface area contributed by atoms with Crippen LogP contribution in [-0.4, -0.2) is 39.5 Å². The van der Waals surface area contributed by atoms with Crippen molar-refractivity contribution in [1.29, 1.82) is 0 Å². The molecule has 2 atom stereocenters. The number of nitrogens with zero attached hydrogens (tertiary/aromatic N) is 3. The van der Waals surface area contributed by atoms with Crippen molar-refractivity contribution in [2.45, 2.75) is 26.3 Å². The van der Waals surface area contributed by atoms with Crippen molar-refractivity contribution in [2.24, 2.45) is 21.6 Å². The number of hydrogen-bond acceptors (Lipinski definition) is 5. The van der Waals surface area contributed by atoms with E-state index < -0.39 is 11.9 Å². The molecule has 0 unspecified atom stereocenters. The summed E-state index contributed by atoms with van der Waals surface area (Å²) < 4.78 is 0. The summed E-state index contributed by atoms with van der Waals surface area (Å²) in [7, 11) is 0. The number of hydrogen-bond donors (Lipinski definition) is 1. The SMILES string of the molecule is CC[C@@H](C)[C@@H]1N=C2c3ccccc3N=C(SCC(N)=O)N2C1=O. The third-order valence-electron chi connectivity index (χ3n) is 4.03. The molecule has 3 rings (SSSR count). The van der Waals surface area contributed by atoms with Crippen LogP contribution in [0, 0.1) is 5.92 Å². The fraction of sp³-hybridized carbons (Fsp3) is 0.375. The third kappa shape index (κ3) is 2.76. The lowest BCUT2D eigenvalue weighted by molar-refractivity contribution is -0.125. The van der Waals surface area contributed by atoms with Gasteiger partial charge in [-0.3, -0.25) is 14.6 Å². The van der Waals surface area contributed by atoms with Crippen molar-refractivity contribution < 1.29 is 9.59 Å². The minimum atomic E-state index is -0.444. The van der Waals surface area contributed by atoms with Gasteiger partial charge in [0.1, 0.15) is 11.9 Å². The number of fused-ring (bicyclic) bond motifs is 3. The minimum absolute atomic E-state index is 0.0755. The summed E-state index contributed by atoms with van der Waals surface area (Å²) in [6, 6.07) is 7.17. The topological polar surface area (TPSA) is 88.1 Å². The zero-order valence-corrected chi connectivity index (χ0v) is 13.8. The van der Waals surface area contributed by atoms with E-state index in [0.29, 0.717) is 11.0 Å².